The second-order valence-corrected chi connectivity index (χ2v) is 7.43. The normalized spacial score (nSPS) is 11.3. The Labute approximate surface area is 157 Å². The van der Waals surface area contributed by atoms with E-state index in [1.807, 2.05) is 18.2 Å². The summed E-state index contributed by atoms with van der Waals surface area (Å²) in [5, 5.41) is 0. The predicted octanol–water partition coefficient (Wildman–Crippen LogP) is 4.26. The fraction of sp³-hybridized carbons (Fsp3) is 0.455. The summed E-state index contributed by atoms with van der Waals surface area (Å²) in [6.07, 6.45) is 0.749. The summed E-state index contributed by atoms with van der Waals surface area (Å²) < 4.78 is 17.5. The lowest BCUT2D eigenvalue weighted by Gasteiger charge is -2.23. The highest BCUT2D eigenvalue weighted by atomic mass is 16.5. The smallest absolute Gasteiger partial charge is 0.164 e. The zero-order valence-corrected chi connectivity index (χ0v) is 16.6. The molecule has 0 aromatic heterocycles. The molecule has 0 saturated heterocycles. The van der Waals surface area contributed by atoms with Crippen molar-refractivity contribution >= 4 is 0 Å². The molecule has 2 aromatic rings. The molecule has 0 aliphatic carbocycles. The van der Waals surface area contributed by atoms with Gasteiger partial charge in [-0.25, -0.2) is 0 Å². The minimum atomic E-state index is 0.0286. The quantitative estimate of drug-likeness (QED) is 0.717. The molecule has 2 aromatic carbocycles. The second-order valence-electron chi connectivity index (χ2n) is 7.43. The molecular formula is C22H31NO3. The predicted molar refractivity (Wildman–Crippen MR) is 107 cm³/mol. The molecule has 2 rings (SSSR count). The number of benzene rings is 2. The van der Waals surface area contributed by atoms with Crippen LogP contribution in [0.2, 0.25) is 0 Å². The fourth-order valence-corrected chi connectivity index (χ4v) is 2.90. The number of nitrogens with two attached hydrogens (primary N) is 1. The Morgan fingerprint density at radius 1 is 0.962 bits per heavy atom. The maximum absolute atomic E-state index is 6.05. The number of para-hydroxylation sites is 1. The molecule has 0 fully saturated rings. The van der Waals surface area contributed by atoms with Gasteiger partial charge in [0.2, 0.25) is 0 Å². The van der Waals surface area contributed by atoms with E-state index in [1.165, 1.54) is 11.1 Å². The molecule has 2 N–H and O–H groups in total. The van der Waals surface area contributed by atoms with Gasteiger partial charge in [-0.1, -0.05) is 45.0 Å². The van der Waals surface area contributed by atoms with Crippen molar-refractivity contribution in [2.75, 3.05) is 26.9 Å². The molecule has 4 heteroatoms. The van der Waals surface area contributed by atoms with Gasteiger partial charge in [0.25, 0.3) is 0 Å². The van der Waals surface area contributed by atoms with Gasteiger partial charge in [-0.05, 0) is 54.1 Å². The van der Waals surface area contributed by atoms with E-state index in [9.17, 15) is 0 Å². The van der Waals surface area contributed by atoms with E-state index in [4.69, 9.17) is 19.9 Å². The standard InChI is InChI=1S/C22H31NO3/c1-16-9-10-18(22(2,3)4)20(15-16)25-13-14-26-21-17(11-12-23)7-6-8-19(21)24-5/h6-10,15H,11-14,23H2,1-5H3. The van der Waals surface area contributed by atoms with E-state index >= 15 is 0 Å². The van der Waals surface area contributed by atoms with Crippen LogP contribution < -0.4 is 19.9 Å². The van der Waals surface area contributed by atoms with Crippen LogP contribution in [0.4, 0.5) is 0 Å². The number of aryl methyl sites for hydroxylation is 1. The molecule has 0 saturated carbocycles. The third-order valence-corrected chi connectivity index (χ3v) is 4.23. The Bertz CT molecular complexity index is 720. The monoisotopic (exact) mass is 357 g/mol. The van der Waals surface area contributed by atoms with Crippen LogP contribution in [0.3, 0.4) is 0 Å². The molecule has 0 amide bonds. The van der Waals surface area contributed by atoms with Gasteiger partial charge in [0.05, 0.1) is 7.11 Å². The SMILES string of the molecule is COc1cccc(CCN)c1OCCOc1cc(C)ccc1C(C)(C)C. The maximum atomic E-state index is 6.05. The number of hydrogen-bond donors (Lipinski definition) is 1. The minimum Gasteiger partial charge on any atom is -0.493 e. The topological polar surface area (TPSA) is 53.7 Å². The molecule has 0 spiro atoms. The van der Waals surface area contributed by atoms with Crippen molar-refractivity contribution < 1.29 is 14.2 Å². The molecule has 0 radical (unpaired) electrons. The van der Waals surface area contributed by atoms with Crippen molar-refractivity contribution in [3.63, 3.8) is 0 Å². The van der Waals surface area contributed by atoms with Crippen molar-refractivity contribution in [1.29, 1.82) is 0 Å². The lowest BCUT2D eigenvalue weighted by Crippen LogP contribution is -2.16. The minimum absolute atomic E-state index is 0.0286. The largest absolute Gasteiger partial charge is 0.493 e. The van der Waals surface area contributed by atoms with Crippen molar-refractivity contribution in [3.8, 4) is 17.2 Å². The first-order valence-electron chi connectivity index (χ1n) is 9.09. The zero-order chi connectivity index (χ0) is 19.2. The lowest BCUT2D eigenvalue weighted by molar-refractivity contribution is 0.207. The Hall–Kier alpha value is -2.20. The van der Waals surface area contributed by atoms with E-state index < -0.39 is 0 Å². The fourth-order valence-electron chi connectivity index (χ4n) is 2.90. The van der Waals surface area contributed by atoms with Gasteiger partial charge in [0, 0.05) is 0 Å². The Kier molecular flexibility index (Phi) is 6.92. The van der Waals surface area contributed by atoms with Gasteiger partial charge in [-0.3, -0.25) is 0 Å². The highest BCUT2D eigenvalue weighted by Crippen LogP contribution is 2.33. The molecule has 26 heavy (non-hydrogen) atoms. The molecule has 0 unspecified atom stereocenters. The van der Waals surface area contributed by atoms with Crippen LogP contribution in [0, 0.1) is 6.92 Å². The van der Waals surface area contributed by atoms with Crippen LogP contribution >= 0.6 is 0 Å². The molecular weight excluding hydrogens is 326 g/mol. The summed E-state index contributed by atoms with van der Waals surface area (Å²) >= 11 is 0. The molecule has 0 aliphatic heterocycles. The Balaban J connectivity index is 2.05. The Morgan fingerprint density at radius 2 is 1.69 bits per heavy atom. The average molecular weight is 357 g/mol. The van der Waals surface area contributed by atoms with E-state index in [0.29, 0.717) is 19.8 Å². The van der Waals surface area contributed by atoms with Crippen LogP contribution in [0.15, 0.2) is 36.4 Å². The van der Waals surface area contributed by atoms with Gasteiger partial charge in [-0.2, -0.15) is 0 Å². The summed E-state index contributed by atoms with van der Waals surface area (Å²) in [7, 11) is 1.65. The molecule has 0 bridgehead atoms. The van der Waals surface area contributed by atoms with Crippen LogP contribution in [0.25, 0.3) is 0 Å². The van der Waals surface area contributed by atoms with E-state index in [1.54, 1.807) is 7.11 Å². The van der Waals surface area contributed by atoms with E-state index in [0.717, 1.165) is 29.2 Å². The second kappa shape index (κ2) is 8.95. The van der Waals surface area contributed by atoms with Crippen molar-refractivity contribution in [1.82, 2.24) is 0 Å². The molecule has 0 heterocycles. The van der Waals surface area contributed by atoms with Crippen molar-refractivity contribution in [2.24, 2.45) is 5.73 Å². The molecule has 142 valence electrons. The van der Waals surface area contributed by atoms with Crippen LogP contribution in [0.1, 0.15) is 37.5 Å². The van der Waals surface area contributed by atoms with Crippen LogP contribution in [-0.4, -0.2) is 26.9 Å². The summed E-state index contributed by atoms with van der Waals surface area (Å²) in [5.41, 5.74) is 9.17. The summed E-state index contributed by atoms with van der Waals surface area (Å²) in [6.45, 7) is 10.1. The maximum Gasteiger partial charge on any atom is 0.164 e. The number of hydrogen-bond acceptors (Lipinski definition) is 4. The van der Waals surface area contributed by atoms with Gasteiger partial charge in [-0.15, -0.1) is 0 Å². The average Bonchev–Trinajstić information content (AvgIpc) is 2.58. The molecule has 0 atom stereocenters. The lowest BCUT2D eigenvalue weighted by atomic mass is 9.86. The summed E-state index contributed by atoms with van der Waals surface area (Å²) in [4.78, 5) is 0. The zero-order valence-electron chi connectivity index (χ0n) is 16.6. The van der Waals surface area contributed by atoms with Gasteiger partial charge >= 0.3 is 0 Å². The van der Waals surface area contributed by atoms with Gasteiger partial charge in [0.1, 0.15) is 19.0 Å². The third kappa shape index (κ3) is 5.15. The number of rotatable bonds is 8. The Morgan fingerprint density at radius 3 is 2.35 bits per heavy atom. The first kappa shape index (κ1) is 20.1. The first-order chi connectivity index (χ1) is 12.4. The highest BCUT2D eigenvalue weighted by Gasteiger charge is 2.19. The highest BCUT2D eigenvalue weighted by molar-refractivity contribution is 5.47. The van der Waals surface area contributed by atoms with Crippen LogP contribution in [0.5, 0.6) is 17.2 Å². The van der Waals surface area contributed by atoms with Gasteiger partial charge in [0.15, 0.2) is 11.5 Å². The van der Waals surface area contributed by atoms with Gasteiger partial charge < -0.3 is 19.9 Å². The number of methoxy groups -OCH3 is 1. The van der Waals surface area contributed by atoms with Crippen LogP contribution in [-0.2, 0) is 11.8 Å². The van der Waals surface area contributed by atoms with E-state index in [-0.39, 0.29) is 5.41 Å². The van der Waals surface area contributed by atoms with E-state index in [2.05, 4.69) is 45.9 Å². The summed E-state index contributed by atoms with van der Waals surface area (Å²) in [6, 6.07) is 12.2. The first-order valence-corrected chi connectivity index (χ1v) is 9.09. The molecule has 0 aliphatic rings. The summed E-state index contributed by atoms with van der Waals surface area (Å²) in [5.74, 6) is 2.40. The van der Waals surface area contributed by atoms with Crippen molar-refractivity contribution in [2.45, 2.75) is 39.5 Å². The third-order valence-electron chi connectivity index (χ3n) is 4.23. The van der Waals surface area contributed by atoms with Crippen molar-refractivity contribution in [3.05, 3.63) is 53.1 Å². The molecule has 4 nitrogen and oxygen atoms in total. The number of ether oxygens (including phenoxy) is 3.